The number of sulfone groups is 1. The lowest BCUT2D eigenvalue weighted by Gasteiger charge is -2.15. The van der Waals surface area contributed by atoms with Crippen LogP contribution in [0.15, 0.2) is 47.4 Å². The molecule has 20 heavy (non-hydrogen) atoms. The van der Waals surface area contributed by atoms with Crippen molar-refractivity contribution in [1.82, 2.24) is 0 Å². The molecule has 1 aliphatic heterocycles. The van der Waals surface area contributed by atoms with Gasteiger partial charge in [0.1, 0.15) is 0 Å². The van der Waals surface area contributed by atoms with E-state index in [1.54, 1.807) is 18.2 Å². The van der Waals surface area contributed by atoms with Crippen molar-refractivity contribution in [3.63, 3.8) is 0 Å². The number of anilines is 1. The summed E-state index contributed by atoms with van der Waals surface area (Å²) < 4.78 is 25.2. The predicted octanol–water partition coefficient (Wildman–Crippen LogP) is 3.89. The maximum atomic E-state index is 12.1. The normalized spacial score (nSPS) is 19.6. The molecule has 0 aliphatic carbocycles. The van der Waals surface area contributed by atoms with Crippen LogP contribution in [0.4, 0.5) is 5.69 Å². The van der Waals surface area contributed by atoms with Crippen molar-refractivity contribution in [2.45, 2.75) is 10.9 Å². The van der Waals surface area contributed by atoms with Crippen LogP contribution in [-0.2, 0) is 9.84 Å². The Morgan fingerprint density at radius 1 is 1.20 bits per heavy atom. The molecule has 104 valence electrons. The maximum Gasteiger partial charge on any atom is 0.181 e. The fourth-order valence-corrected chi connectivity index (χ4v) is 5.13. The quantitative estimate of drug-likeness (QED) is 0.751. The summed E-state index contributed by atoms with van der Waals surface area (Å²) in [5.74, 6) is 0.0883. The van der Waals surface area contributed by atoms with E-state index in [0.29, 0.717) is 9.92 Å². The molecule has 0 saturated heterocycles. The van der Waals surface area contributed by atoms with E-state index in [9.17, 15) is 8.42 Å². The van der Waals surface area contributed by atoms with Crippen LogP contribution in [0.1, 0.15) is 11.6 Å². The highest BCUT2D eigenvalue weighted by Gasteiger charge is 2.34. The van der Waals surface area contributed by atoms with E-state index in [1.165, 1.54) is 0 Å². The first kappa shape index (κ1) is 14.2. The lowest BCUT2D eigenvalue weighted by molar-refractivity contribution is 0.598. The second-order valence-electron chi connectivity index (χ2n) is 4.64. The summed E-state index contributed by atoms with van der Waals surface area (Å²) in [6, 6.07) is 12.4. The Hall–Kier alpha value is -0.790. The molecule has 0 aromatic heterocycles. The van der Waals surface area contributed by atoms with E-state index >= 15 is 0 Å². The number of hydrogen-bond donors (Lipinski definition) is 1. The SMILES string of the molecule is O=S1(=O)CC(Nc2ccc(Cl)cc2I)c2ccccc21. The molecular weight excluding hydrogens is 409 g/mol. The van der Waals surface area contributed by atoms with E-state index < -0.39 is 9.84 Å². The van der Waals surface area contributed by atoms with Gasteiger partial charge in [-0.3, -0.25) is 0 Å². The van der Waals surface area contributed by atoms with Gasteiger partial charge in [0.05, 0.1) is 16.7 Å². The minimum atomic E-state index is -3.19. The second-order valence-corrected chi connectivity index (χ2v) is 8.24. The van der Waals surface area contributed by atoms with Crippen molar-refractivity contribution in [1.29, 1.82) is 0 Å². The fourth-order valence-electron chi connectivity index (χ4n) is 2.36. The fraction of sp³-hybridized carbons (Fsp3) is 0.143. The summed E-state index contributed by atoms with van der Waals surface area (Å²) in [5.41, 5.74) is 1.73. The topological polar surface area (TPSA) is 46.2 Å². The number of halogens is 2. The molecule has 1 atom stereocenters. The van der Waals surface area contributed by atoms with Crippen LogP contribution in [0.25, 0.3) is 0 Å². The molecule has 3 nitrogen and oxygen atoms in total. The Bertz CT molecular complexity index is 776. The number of rotatable bonds is 2. The summed E-state index contributed by atoms with van der Waals surface area (Å²) >= 11 is 8.12. The summed E-state index contributed by atoms with van der Waals surface area (Å²) in [7, 11) is -3.19. The Morgan fingerprint density at radius 2 is 1.95 bits per heavy atom. The number of benzene rings is 2. The van der Waals surface area contributed by atoms with Crippen molar-refractivity contribution < 1.29 is 8.42 Å². The molecular formula is C14H11ClINO2S. The molecule has 6 heteroatoms. The zero-order valence-corrected chi connectivity index (χ0v) is 14.0. The monoisotopic (exact) mass is 419 g/mol. The predicted molar refractivity (Wildman–Crippen MR) is 89.0 cm³/mol. The molecule has 0 fully saturated rings. The summed E-state index contributed by atoms with van der Waals surface area (Å²) in [5, 5.41) is 3.97. The molecule has 0 amide bonds. The van der Waals surface area contributed by atoms with Gasteiger partial charge in [-0.1, -0.05) is 29.8 Å². The van der Waals surface area contributed by atoms with Gasteiger partial charge in [-0.05, 0) is 52.4 Å². The average Bonchev–Trinajstić information content (AvgIpc) is 2.65. The van der Waals surface area contributed by atoms with E-state index in [0.717, 1.165) is 14.8 Å². The van der Waals surface area contributed by atoms with Crippen molar-refractivity contribution in [2.75, 3.05) is 11.1 Å². The first-order valence-corrected chi connectivity index (χ1v) is 9.11. The van der Waals surface area contributed by atoms with Gasteiger partial charge in [-0.15, -0.1) is 0 Å². The van der Waals surface area contributed by atoms with Gasteiger partial charge in [0.15, 0.2) is 9.84 Å². The molecule has 0 radical (unpaired) electrons. The lowest BCUT2D eigenvalue weighted by atomic mass is 10.1. The minimum Gasteiger partial charge on any atom is -0.376 e. The Morgan fingerprint density at radius 3 is 2.70 bits per heavy atom. The van der Waals surface area contributed by atoms with Crippen LogP contribution in [0.2, 0.25) is 5.02 Å². The van der Waals surface area contributed by atoms with Crippen molar-refractivity contribution in [3.05, 3.63) is 56.6 Å². The molecule has 3 rings (SSSR count). The number of nitrogens with one attached hydrogen (secondary N) is 1. The van der Waals surface area contributed by atoms with Gasteiger partial charge in [-0.2, -0.15) is 0 Å². The third-order valence-electron chi connectivity index (χ3n) is 3.28. The Labute approximate surface area is 136 Å². The zero-order chi connectivity index (χ0) is 14.3. The Balaban J connectivity index is 1.97. The molecule has 1 aliphatic rings. The standard InChI is InChI=1S/C14H11ClINO2S/c15-9-5-6-12(11(16)7-9)17-13-8-20(18,19)14-4-2-1-3-10(13)14/h1-7,13,17H,8H2. The van der Waals surface area contributed by atoms with Crippen LogP contribution in [0.5, 0.6) is 0 Å². The van der Waals surface area contributed by atoms with E-state index in [1.807, 2.05) is 24.3 Å². The molecule has 0 spiro atoms. The van der Waals surface area contributed by atoms with Crippen molar-refractivity contribution >= 4 is 49.7 Å². The van der Waals surface area contributed by atoms with Crippen LogP contribution in [0.3, 0.4) is 0 Å². The zero-order valence-electron chi connectivity index (χ0n) is 10.3. The Kier molecular flexibility index (Phi) is 3.68. The van der Waals surface area contributed by atoms with E-state index in [4.69, 9.17) is 11.6 Å². The summed E-state index contributed by atoms with van der Waals surface area (Å²) in [4.78, 5) is 0.432. The third kappa shape index (κ3) is 2.54. The molecule has 0 bridgehead atoms. The van der Waals surface area contributed by atoms with Gasteiger partial charge in [0.25, 0.3) is 0 Å². The molecule has 1 N–H and O–H groups in total. The molecule has 1 unspecified atom stereocenters. The lowest BCUT2D eigenvalue weighted by Crippen LogP contribution is -2.13. The van der Waals surface area contributed by atoms with E-state index in [2.05, 4.69) is 27.9 Å². The highest BCUT2D eigenvalue weighted by molar-refractivity contribution is 14.1. The average molecular weight is 420 g/mol. The number of hydrogen-bond acceptors (Lipinski definition) is 3. The highest BCUT2D eigenvalue weighted by atomic mass is 127. The molecule has 2 aromatic rings. The van der Waals surface area contributed by atoms with Crippen LogP contribution < -0.4 is 5.32 Å². The second kappa shape index (κ2) is 5.20. The van der Waals surface area contributed by atoms with Crippen molar-refractivity contribution in [2.24, 2.45) is 0 Å². The smallest absolute Gasteiger partial charge is 0.181 e. The first-order chi connectivity index (χ1) is 9.47. The maximum absolute atomic E-state index is 12.1. The van der Waals surface area contributed by atoms with E-state index in [-0.39, 0.29) is 11.8 Å². The summed E-state index contributed by atoms with van der Waals surface area (Å²) in [6.07, 6.45) is 0. The van der Waals surface area contributed by atoms with Gasteiger partial charge in [0.2, 0.25) is 0 Å². The number of fused-ring (bicyclic) bond motifs is 1. The third-order valence-corrected chi connectivity index (χ3v) is 6.22. The van der Waals surface area contributed by atoms with Crippen LogP contribution >= 0.6 is 34.2 Å². The highest BCUT2D eigenvalue weighted by Crippen LogP contribution is 2.36. The van der Waals surface area contributed by atoms with Gasteiger partial charge in [0, 0.05) is 14.3 Å². The minimum absolute atomic E-state index is 0.0883. The van der Waals surface area contributed by atoms with Crippen molar-refractivity contribution in [3.8, 4) is 0 Å². The van der Waals surface area contributed by atoms with Crippen LogP contribution in [-0.4, -0.2) is 14.2 Å². The van der Waals surface area contributed by atoms with Gasteiger partial charge in [-0.25, -0.2) is 8.42 Å². The molecule has 2 aromatic carbocycles. The van der Waals surface area contributed by atoms with Gasteiger partial charge < -0.3 is 5.32 Å². The molecule has 1 heterocycles. The largest absolute Gasteiger partial charge is 0.376 e. The summed E-state index contributed by atoms with van der Waals surface area (Å²) in [6.45, 7) is 0. The van der Waals surface area contributed by atoms with Gasteiger partial charge >= 0.3 is 0 Å². The van der Waals surface area contributed by atoms with Crippen LogP contribution in [0, 0.1) is 3.57 Å². The first-order valence-electron chi connectivity index (χ1n) is 6.01. The molecule has 0 saturated carbocycles.